The zero-order valence-corrected chi connectivity index (χ0v) is 14.8. The van der Waals surface area contributed by atoms with E-state index in [2.05, 4.69) is 15.3 Å². The summed E-state index contributed by atoms with van der Waals surface area (Å²) in [6.07, 6.45) is 1.33. The Kier molecular flexibility index (Phi) is 5.16. The molecule has 1 N–H and O–H groups in total. The Morgan fingerprint density at radius 3 is 2.52 bits per heavy atom. The summed E-state index contributed by atoms with van der Waals surface area (Å²) >= 11 is 12.0. The Balaban J connectivity index is 1.82. The molecule has 1 heterocycles. The van der Waals surface area contributed by atoms with Crippen molar-refractivity contribution in [3.8, 4) is 0 Å². The van der Waals surface area contributed by atoms with Gasteiger partial charge in [0.15, 0.2) is 0 Å². The van der Waals surface area contributed by atoms with Crippen molar-refractivity contribution in [3.63, 3.8) is 0 Å². The van der Waals surface area contributed by atoms with E-state index in [1.807, 2.05) is 30.3 Å². The van der Waals surface area contributed by atoms with Crippen LogP contribution in [0.5, 0.6) is 0 Å². The largest absolute Gasteiger partial charge is 0.339 e. The van der Waals surface area contributed by atoms with Gasteiger partial charge in [-0.15, -0.1) is 0 Å². The second kappa shape index (κ2) is 7.51. The predicted molar refractivity (Wildman–Crippen MR) is 101 cm³/mol. The van der Waals surface area contributed by atoms with Gasteiger partial charge in [-0.2, -0.15) is 0 Å². The van der Waals surface area contributed by atoms with Crippen molar-refractivity contribution < 1.29 is 4.79 Å². The van der Waals surface area contributed by atoms with Crippen molar-refractivity contribution in [1.29, 1.82) is 0 Å². The average molecular weight is 373 g/mol. The van der Waals surface area contributed by atoms with E-state index in [1.54, 1.807) is 31.3 Å². The highest BCUT2D eigenvalue weighted by molar-refractivity contribution is 6.36. The minimum atomic E-state index is -0.237. The van der Waals surface area contributed by atoms with Gasteiger partial charge in [-0.05, 0) is 30.3 Å². The molecule has 3 aromatic rings. The summed E-state index contributed by atoms with van der Waals surface area (Å²) in [5, 5.41) is 4.06. The van der Waals surface area contributed by atoms with Crippen LogP contribution in [0.4, 0.5) is 17.2 Å². The number of anilines is 3. The second-order valence-electron chi connectivity index (χ2n) is 5.24. The monoisotopic (exact) mass is 372 g/mol. The molecule has 1 aromatic heterocycles. The molecule has 0 unspecified atom stereocenters. The minimum absolute atomic E-state index is 0.237. The summed E-state index contributed by atoms with van der Waals surface area (Å²) in [5.74, 6) is 0.225. The van der Waals surface area contributed by atoms with Crippen LogP contribution in [0.1, 0.15) is 10.5 Å². The Morgan fingerprint density at radius 1 is 1.04 bits per heavy atom. The number of benzene rings is 2. The summed E-state index contributed by atoms with van der Waals surface area (Å²) in [4.78, 5) is 22.4. The lowest BCUT2D eigenvalue weighted by Gasteiger charge is -2.17. The first-order valence-electron chi connectivity index (χ1n) is 7.42. The zero-order valence-electron chi connectivity index (χ0n) is 13.3. The molecule has 3 rings (SSSR count). The van der Waals surface area contributed by atoms with Crippen molar-refractivity contribution in [3.05, 3.63) is 76.7 Å². The molecule has 0 aliphatic carbocycles. The SMILES string of the molecule is CN(C(=O)c1cc(Nc2ccc(Cl)cc2Cl)ncn1)c1ccccc1. The first-order chi connectivity index (χ1) is 12.0. The molecule has 0 radical (unpaired) electrons. The molecular formula is C18H14Cl2N4O. The van der Waals surface area contributed by atoms with Gasteiger partial charge < -0.3 is 10.2 Å². The van der Waals surface area contributed by atoms with Crippen LogP contribution < -0.4 is 10.2 Å². The van der Waals surface area contributed by atoms with Gasteiger partial charge in [0, 0.05) is 23.8 Å². The number of nitrogens with one attached hydrogen (secondary N) is 1. The highest BCUT2D eigenvalue weighted by Crippen LogP contribution is 2.27. The van der Waals surface area contributed by atoms with Crippen LogP contribution in [0.2, 0.25) is 10.0 Å². The van der Waals surface area contributed by atoms with Crippen molar-refractivity contribution in [2.75, 3.05) is 17.3 Å². The number of carbonyl (C=O) groups excluding carboxylic acids is 1. The molecule has 0 fully saturated rings. The topological polar surface area (TPSA) is 58.1 Å². The molecule has 0 saturated carbocycles. The fourth-order valence-electron chi connectivity index (χ4n) is 2.21. The molecule has 0 saturated heterocycles. The van der Waals surface area contributed by atoms with Crippen molar-refractivity contribution in [2.45, 2.75) is 0 Å². The van der Waals surface area contributed by atoms with Crippen LogP contribution in [-0.4, -0.2) is 22.9 Å². The van der Waals surface area contributed by atoms with E-state index in [1.165, 1.54) is 11.2 Å². The third kappa shape index (κ3) is 4.07. The Morgan fingerprint density at radius 2 is 1.80 bits per heavy atom. The summed E-state index contributed by atoms with van der Waals surface area (Å²) in [5.41, 5.74) is 1.69. The first-order valence-corrected chi connectivity index (χ1v) is 8.17. The zero-order chi connectivity index (χ0) is 17.8. The number of carbonyl (C=O) groups is 1. The molecule has 7 heteroatoms. The van der Waals surface area contributed by atoms with E-state index in [0.29, 0.717) is 21.6 Å². The number of halogens is 2. The Bertz CT molecular complexity index is 903. The molecular weight excluding hydrogens is 359 g/mol. The maximum absolute atomic E-state index is 12.6. The number of amides is 1. The van der Waals surface area contributed by atoms with Crippen molar-refractivity contribution in [2.24, 2.45) is 0 Å². The Hall–Kier alpha value is -2.63. The predicted octanol–water partition coefficient (Wildman–Crippen LogP) is 4.80. The van der Waals surface area contributed by atoms with Crippen LogP contribution in [0.25, 0.3) is 0 Å². The summed E-state index contributed by atoms with van der Waals surface area (Å²) in [6, 6.07) is 16.0. The maximum atomic E-state index is 12.6. The molecule has 0 atom stereocenters. The van der Waals surface area contributed by atoms with Crippen molar-refractivity contribution in [1.82, 2.24) is 9.97 Å². The van der Waals surface area contributed by atoms with Crippen LogP contribution >= 0.6 is 23.2 Å². The van der Waals surface area contributed by atoms with Crippen LogP contribution in [0.3, 0.4) is 0 Å². The first kappa shape index (κ1) is 17.2. The number of aromatic nitrogens is 2. The molecule has 1 amide bonds. The van der Waals surface area contributed by atoms with Gasteiger partial charge in [0.25, 0.3) is 5.91 Å². The second-order valence-corrected chi connectivity index (χ2v) is 6.08. The van der Waals surface area contributed by atoms with Gasteiger partial charge in [-0.1, -0.05) is 41.4 Å². The summed E-state index contributed by atoms with van der Waals surface area (Å²) < 4.78 is 0. The average Bonchev–Trinajstić information content (AvgIpc) is 2.64. The number of para-hydroxylation sites is 1. The van der Waals surface area contributed by atoms with E-state index in [4.69, 9.17) is 23.2 Å². The normalized spacial score (nSPS) is 10.4. The van der Waals surface area contributed by atoms with Crippen LogP contribution in [0, 0.1) is 0 Å². The molecule has 5 nitrogen and oxygen atoms in total. The van der Waals surface area contributed by atoms with E-state index in [9.17, 15) is 4.79 Å². The van der Waals surface area contributed by atoms with Gasteiger partial charge in [-0.25, -0.2) is 9.97 Å². The van der Waals surface area contributed by atoms with Gasteiger partial charge in [0.2, 0.25) is 0 Å². The van der Waals surface area contributed by atoms with E-state index in [0.717, 1.165) is 5.69 Å². The third-order valence-electron chi connectivity index (χ3n) is 3.53. The molecule has 0 aliphatic rings. The lowest BCUT2D eigenvalue weighted by atomic mass is 10.2. The number of nitrogens with zero attached hydrogens (tertiary/aromatic N) is 3. The minimum Gasteiger partial charge on any atom is -0.339 e. The third-order valence-corrected chi connectivity index (χ3v) is 4.08. The molecule has 2 aromatic carbocycles. The van der Waals surface area contributed by atoms with Crippen molar-refractivity contribution >= 4 is 46.3 Å². The van der Waals surface area contributed by atoms with Crippen LogP contribution in [-0.2, 0) is 0 Å². The molecule has 0 spiro atoms. The number of hydrogen-bond acceptors (Lipinski definition) is 4. The molecule has 0 bridgehead atoms. The summed E-state index contributed by atoms with van der Waals surface area (Å²) in [6.45, 7) is 0. The highest BCUT2D eigenvalue weighted by atomic mass is 35.5. The summed E-state index contributed by atoms with van der Waals surface area (Å²) in [7, 11) is 1.70. The smallest absolute Gasteiger partial charge is 0.276 e. The maximum Gasteiger partial charge on any atom is 0.276 e. The number of hydrogen-bond donors (Lipinski definition) is 1. The van der Waals surface area contributed by atoms with E-state index < -0.39 is 0 Å². The van der Waals surface area contributed by atoms with Gasteiger partial charge in [0.05, 0.1) is 10.7 Å². The fraction of sp³-hybridized carbons (Fsp3) is 0.0556. The lowest BCUT2D eigenvalue weighted by molar-refractivity contribution is 0.0988. The molecule has 126 valence electrons. The molecule has 25 heavy (non-hydrogen) atoms. The quantitative estimate of drug-likeness (QED) is 0.714. The standard InChI is InChI=1S/C18H14Cl2N4O/c1-24(13-5-3-2-4-6-13)18(25)16-10-17(22-11-21-16)23-15-8-7-12(19)9-14(15)20/h2-11H,1H3,(H,21,22,23). The van der Waals surface area contributed by atoms with Gasteiger partial charge in [-0.3, -0.25) is 4.79 Å². The van der Waals surface area contributed by atoms with E-state index >= 15 is 0 Å². The van der Waals surface area contributed by atoms with Crippen LogP contribution in [0.15, 0.2) is 60.9 Å². The highest BCUT2D eigenvalue weighted by Gasteiger charge is 2.15. The lowest BCUT2D eigenvalue weighted by Crippen LogP contribution is -2.27. The van der Waals surface area contributed by atoms with E-state index in [-0.39, 0.29) is 11.6 Å². The fourth-order valence-corrected chi connectivity index (χ4v) is 2.67. The van der Waals surface area contributed by atoms with Gasteiger partial charge in [0.1, 0.15) is 17.8 Å². The number of rotatable bonds is 4. The van der Waals surface area contributed by atoms with Gasteiger partial charge >= 0.3 is 0 Å². The Labute approximate surface area is 155 Å². The molecule has 0 aliphatic heterocycles.